The quantitative estimate of drug-likeness (QED) is 0.153. The molecule has 2 heteroatoms. The Balaban J connectivity index is 1.39. The Labute approximate surface area is 266 Å². The van der Waals surface area contributed by atoms with Gasteiger partial charge in [-0.05, 0) is 105 Å². The SMILES string of the molecule is Cc1ccc(P(c2ccc(C)cc2)c2ccc(C)c(Cc3cccc(P(c4cccc(C)c4)c4cccc(C)c4)c3)c2)cc1. The molecule has 0 atom stereocenters. The normalized spacial score (nSPS) is 11.3. The van der Waals surface area contributed by atoms with Crippen molar-refractivity contribution >= 4 is 47.7 Å². The molecule has 0 N–H and O–H groups in total. The van der Waals surface area contributed by atoms with Crippen molar-refractivity contribution in [1.82, 2.24) is 0 Å². The van der Waals surface area contributed by atoms with Gasteiger partial charge in [-0.25, -0.2) is 0 Å². The first kappa shape index (κ1) is 30.2. The molecule has 0 unspecified atom stereocenters. The van der Waals surface area contributed by atoms with Gasteiger partial charge >= 0.3 is 0 Å². The molecule has 0 amide bonds. The minimum atomic E-state index is -0.656. The molecule has 0 nitrogen and oxygen atoms in total. The first-order chi connectivity index (χ1) is 21.3. The summed E-state index contributed by atoms with van der Waals surface area (Å²) >= 11 is 0. The van der Waals surface area contributed by atoms with Crippen LogP contribution in [-0.2, 0) is 6.42 Å². The monoisotopic (exact) mass is 606 g/mol. The summed E-state index contributed by atoms with van der Waals surface area (Å²) in [4.78, 5) is 0. The molecule has 0 aliphatic rings. The van der Waals surface area contributed by atoms with Gasteiger partial charge in [-0.1, -0.05) is 162 Å². The summed E-state index contributed by atoms with van der Waals surface area (Å²) in [5.74, 6) is 0. The van der Waals surface area contributed by atoms with Crippen LogP contribution in [0, 0.1) is 34.6 Å². The van der Waals surface area contributed by atoms with Gasteiger partial charge in [0.15, 0.2) is 0 Å². The molecule has 0 saturated carbocycles. The zero-order chi connectivity index (χ0) is 30.6. The predicted molar refractivity (Wildman–Crippen MR) is 197 cm³/mol. The summed E-state index contributed by atoms with van der Waals surface area (Å²) in [6.07, 6.45) is 0.920. The van der Waals surface area contributed by atoms with Crippen molar-refractivity contribution in [3.05, 3.63) is 178 Å². The zero-order valence-electron chi connectivity index (χ0n) is 26.4. The van der Waals surface area contributed by atoms with Crippen molar-refractivity contribution in [2.24, 2.45) is 0 Å². The highest BCUT2D eigenvalue weighted by atomic mass is 31.1. The van der Waals surface area contributed by atoms with E-state index in [9.17, 15) is 0 Å². The lowest BCUT2D eigenvalue weighted by molar-refractivity contribution is 1.16. The maximum Gasteiger partial charge on any atom is -0.00227 e. The second kappa shape index (κ2) is 13.4. The second-order valence-electron chi connectivity index (χ2n) is 12.0. The summed E-state index contributed by atoms with van der Waals surface area (Å²) in [5, 5.41) is 8.42. The number of benzene rings is 6. The highest BCUT2D eigenvalue weighted by molar-refractivity contribution is 7.80. The van der Waals surface area contributed by atoms with E-state index in [0.29, 0.717) is 0 Å². The molecule has 44 heavy (non-hydrogen) atoms. The summed E-state index contributed by atoms with van der Waals surface area (Å²) in [6.45, 7) is 11.0. The fourth-order valence-corrected chi connectivity index (χ4v) is 10.7. The van der Waals surface area contributed by atoms with Crippen LogP contribution >= 0.6 is 15.8 Å². The molecule has 0 aliphatic carbocycles. The third-order valence-electron chi connectivity index (χ3n) is 8.26. The van der Waals surface area contributed by atoms with E-state index < -0.39 is 15.8 Å². The molecular formula is C42H40P2. The van der Waals surface area contributed by atoms with Crippen molar-refractivity contribution in [1.29, 1.82) is 0 Å². The van der Waals surface area contributed by atoms with E-state index in [1.807, 2.05) is 0 Å². The van der Waals surface area contributed by atoms with E-state index in [0.717, 1.165) is 6.42 Å². The Morgan fingerprint density at radius 3 is 1.32 bits per heavy atom. The molecule has 6 aromatic rings. The first-order valence-electron chi connectivity index (χ1n) is 15.4. The van der Waals surface area contributed by atoms with E-state index in [2.05, 4.69) is 174 Å². The average Bonchev–Trinajstić information content (AvgIpc) is 3.01. The van der Waals surface area contributed by atoms with Crippen LogP contribution < -0.4 is 31.8 Å². The van der Waals surface area contributed by atoms with Crippen LogP contribution in [-0.4, -0.2) is 0 Å². The highest BCUT2D eigenvalue weighted by Gasteiger charge is 2.20. The number of hydrogen-bond acceptors (Lipinski definition) is 0. The minimum absolute atomic E-state index is 0.654. The Hall–Kier alpha value is -3.82. The summed E-state index contributed by atoms with van der Waals surface area (Å²) in [7, 11) is -1.31. The molecule has 0 spiro atoms. The molecule has 6 aromatic carbocycles. The van der Waals surface area contributed by atoms with Crippen LogP contribution in [0.4, 0.5) is 0 Å². The third kappa shape index (κ3) is 6.94. The van der Waals surface area contributed by atoms with Crippen LogP contribution in [0.3, 0.4) is 0 Å². The van der Waals surface area contributed by atoms with E-state index in [4.69, 9.17) is 0 Å². The van der Waals surface area contributed by atoms with Gasteiger partial charge in [-0.2, -0.15) is 0 Å². The number of hydrogen-bond donors (Lipinski definition) is 0. The number of rotatable bonds is 8. The molecule has 0 fully saturated rings. The van der Waals surface area contributed by atoms with Crippen molar-refractivity contribution in [3.63, 3.8) is 0 Å². The number of aryl methyl sites for hydroxylation is 5. The van der Waals surface area contributed by atoms with Gasteiger partial charge in [0.05, 0.1) is 0 Å². The van der Waals surface area contributed by atoms with E-state index >= 15 is 0 Å². The van der Waals surface area contributed by atoms with E-state index in [1.165, 1.54) is 70.8 Å². The Morgan fingerprint density at radius 2 is 0.795 bits per heavy atom. The molecule has 0 aromatic heterocycles. The maximum atomic E-state index is 2.48. The van der Waals surface area contributed by atoms with Crippen molar-refractivity contribution in [2.45, 2.75) is 41.0 Å². The zero-order valence-corrected chi connectivity index (χ0v) is 28.2. The lowest BCUT2D eigenvalue weighted by Gasteiger charge is -2.22. The summed E-state index contributed by atoms with van der Waals surface area (Å²) in [5.41, 5.74) is 9.34. The molecule has 6 rings (SSSR count). The molecule has 0 radical (unpaired) electrons. The topological polar surface area (TPSA) is 0 Å². The molecule has 0 saturated heterocycles. The minimum Gasteiger partial charge on any atom is -0.0613 e. The van der Waals surface area contributed by atoms with Gasteiger partial charge in [0, 0.05) is 0 Å². The average molecular weight is 607 g/mol. The highest BCUT2D eigenvalue weighted by Crippen LogP contribution is 2.35. The molecule has 0 aliphatic heterocycles. The standard InChI is InChI=1S/C42H40P2/c1-30-15-20-37(21-16-30)43(38-22-17-31(2)18-23-38)42-24-19-34(5)36(29-42)27-35-11-8-14-41(28-35)44(39-12-6-9-32(3)25-39)40-13-7-10-33(4)26-40/h6-26,28-29H,27H2,1-5H3. The summed E-state index contributed by atoms with van der Waals surface area (Å²) in [6, 6.07) is 53.0. The van der Waals surface area contributed by atoms with Gasteiger partial charge in [0.1, 0.15) is 0 Å². The van der Waals surface area contributed by atoms with Crippen LogP contribution in [0.25, 0.3) is 0 Å². The van der Waals surface area contributed by atoms with Crippen LogP contribution in [0.1, 0.15) is 38.9 Å². The molecule has 0 bridgehead atoms. The lowest BCUT2D eigenvalue weighted by Crippen LogP contribution is -2.22. The second-order valence-corrected chi connectivity index (χ2v) is 16.4. The van der Waals surface area contributed by atoms with Gasteiger partial charge in [-0.15, -0.1) is 0 Å². The largest absolute Gasteiger partial charge is 0.0613 e. The molecular weight excluding hydrogens is 566 g/mol. The van der Waals surface area contributed by atoms with Crippen LogP contribution in [0.5, 0.6) is 0 Å². The fraction of sp³-hybridized carbons (Fsp3) is 0.143. The van der Waals surface area contributed by atoms with Crippen LogP contribution in [0.15, 0.2) is 140 Å². The van der Waals surface area contributed by atoms with E-state index in [-0.39, 0.29) is 0 Å². The Kier molecular flexibility index (Phi) is 9.23. The van der Waals surface area contributed by atoms with E-state index in [1.54, 1.807) is 0 Å². The van der Waals surface area contributed by atoms with Gasteiger partial charge < -0.3 is 0 Å². The predicted octanol–water partition coefficient (Wildman–Crippen LogP) is 8.34. The first-order valence-corrected chi connectivity index (χ1v) is 18.1. The van der Waals surface area contributed by atoms with Crippen LogP contribution in [0.2, 0.25) is 0 Å². The van der Waals surface area contributed by atoms with Crippen molar-refractivity contribution < 1.29 is 0 Å². The molecule has 218 valence electrons. The Bertz CT molecular complexity index is 1790. The Morgan fingerprint density at radius 1 is 0.364 bits per heavy atom. The lowest BCUT2D eigenvalue weighted by atomic mass is 10.0. The maximum absolute atomic E-state index is 2.48. The third-order valence-corrected chi connectivity index (χ3v) is 13.1. The smallest absolute Gasteiger partial charge is 0.00227 e. The van der Waals surface area contributed by atoms with Gasteiger partial charge in [0.2, 0.25) is 0 Å². The fourth-order valence-electron chi connectivity index (χ4n) is 5.83. The van der Waals surface area contributed by atoms with Crippen molar-refractivity contribution in [2.75, 3.05) is 0 Å². The van der Waals surface area contributed by atoms with Crippen molar-refractivity contribution in [3.8, 4) is 0 Å². The van der Waals surface area contributed by atoms with Gasteiger partial charge in [-0.3, -0.25) is 0 Å². The van der Waals surface area contributed by atoms with Gasteiger partial charge in [0.25, 0.3) is 0 Å². The molecule has 0 heterocycles. The summed E-state index contributed by atoms with van der Waals surface area (Å²) < 4.78 is 0.